The van der Waals surface area contributed by atoms with Crippen LogP contribution < -0.4 is 0 Å². The molecule has 2 aromatic carbocycles. The van der Waals surface area contributed by atoms with Gasteiger partial charge in [0.05, 0.1) is 0 Å². The zero-order chi connectivity index (χ0) is 14.5. The van der Waals surface area contributed by atoms with Gasteiger partial charge in [-0.3, -0.25) is 0 Å². The molecule has 2 aromatic rings. The van der Waals surface area contributed by atoms with E-state index in [1.165, 1.54) is 29.3 Å². The standard InChI is InChI=1S/C17H17ClF2/c1-12-5-7-13(8-6-12)9-10-14(18)11-15-16(19)3-2-4-17(15)20/h2-8,14H,9-11H2,1H3. The van der Waals surface area contributed by atoms with Gasteiger partial charge in [-0.15, -0.1) is 11.6 Å². The molecule has 0 fully saturated rings. The Morgan fingerprint density at radius 3 is 2.20 bits per heavy atom. The summed E-state index contributed by atoms with van der Waals surface area (Å²) in [5.74, 6) is -1.04. The van der Waals surface area contributed by atoms with Gasteiger partial charge in [-0.2, -0.15) is 0 Å². The molecule has 20 heavy (non-hydrogen) atoms. The van der Waals surface area contributed by atoms with E-state index >= 15 is 0 Å². The van der Waals surface area contributed by atoms with Gasteiger partial charge in [0.1, 0.15) is 11.6 Å². The second-order valence-corrected chi connectivity index (χ2v) is 5.64. The van der Waals surface area contributed by atoms with Crippen LogP contribution in [0.2, 0.25) is 0 Å². The van der Waals surface area contributed by atoms with Crippen LogP contribution >= 0.6 is 11.6 Å². The number of alkyl halides is 1. The molecule has 1 atom stereocenters. The predicted octanol–water partition coefficient (Wildman–Crippen LogP) is 5.06. The second-order valence-electron chi connectivity index (χ2n) is 5.03. The molecule has 0 saturated heterocycles. The Kier molecular flexibility index (Phi) is 5.13. The van der Waals surface area contributed by atoms with Gasteiger partial charge >= 0.3 is 0 Å². The monoisotopic (exact) mass is 294 g/mol. The Morgan fingerprint density at radius 2 is 1.60 bits per heavy atom. The molecule has 0 bridgehead atoms. The maximum Gasteiger partial charge on any atom is 0.129 e. The fourth-order valence-electron chi connectivity index (χ4n) is 2.13. The summed E-state index contributed by atoms with van der Waals surface area (Å²) in [6.07, 6.45) is 1.72. The van der Waals surface area contributed by atoms with E-state index in [9.17, 15) is 8.78 Å². The third-order valence-corrected chi connectivity index (χ3v) is 3.73. The largest absolute Gasteiger partial charge is 0.207 e. The average Bonchev–Trinajstić information content (AvgIpc) is 2.42. The Bertz CT molecular complexity index is 543. The predicted molar refractivity (Wildman–Crippen MR) is 79.2 cm³/mol. The molecule has 0 N–H and O–H groups in total. The van der Waals surface area contributed by atoms with Crippen molar-refractivity contribution in [3.05, 3.63) is 70.8 Å². The molecule has 0 aromatic heterocycles. The first-order valence-electron chi connectivity index (χ1n) is 6.69. The van der Waals surface area contributed by atoms with Gasteiger partial charge in [0.2, 0.25) is 0 Å². The number of halogens is 3. The lowest BCUT2D eigenvalue weighted by atomic mass is 10.0. The van der Waals surface area contributed by atoms with E-state index in [4.69, 9.17) is 11.6 Å². The average molecular weight is 295 g/mol. The minimum atomic E-state index is -0.522. The lowest BCUT2D eigenvalue weighted by Gasteiger charge is -2.11. The van der Waals surface area contributed by atoms with Crippen LogP contribution in [0.3, 0.4) is 0 Å². The molecular weight excluding hydrogens is 278 g/mol. The smallest absolute Gasteiger partial charge is 0.129 e. The van der Waals surface area contributed by atoms with Crippen molar-refractivity contribution >= 4 is 11.6 Å². The molecule has 0 amide bonds. The van der Waals surface area contributed by atoms with E-state index in [2.05, 4.69) is 24.3 Å². The van der Waals surface area contributed by atoms with Gasteiger partial charge in [-0.1, -0.05) is 35.9 Å². The van der Waals surface area contributed by atoms with E-state index in [0.717, 1.165) is 6.42 Å². The van der Waals surface area contributed by atoms with Crippen molar-refractivity contribution in [1.82, 2.24) is 0 Å². The van der Waals surface area contributed by atoms with Crippen LogP contribution in [0.1, 0.15) is 23.1 Å². The number of hydrogen-bond acceptors (Lipinski definition) is 0. The number of hydrogen-bond donors (Lipinski definition) is 0. The molecule has 0 nitrogen and oxygen atoms in total. The topological polar surface area (TPSA) is 0 Å². The second kappa shape index (κ2) is 6.85. The third kappa shape index (κ3) is 4.04. The molecule has 3 heteroatoms. The van der Waals surface area contributed by atoms with Crippen LogP contribution in [0.15, 0.2) is 42.5 Å². The van der Waals surface area contributed by atoms with E-state index in [-0.39, 0.29) is 17.4 Å². The van der Waals surface area contributed by atoms with Gasteiger partial charge in [0, 0.05) is 10.9 Å². The zero-order valence-corrected chi connectivity index (χ0v) is 12.1. The Labute approximate surface area is 123 Å². The van der Waals surface area contributed by atoms with Crippen LogP contribution in [-0.4, -0.2) is 5.38 Å². The molecule has 0 radical (unpaired) electrons. The molecular formula is C17H17ClF2. The van der Waals surface area contributed by atoms with Crippen LogP contribution in [-0.2, 0) is 12.8 Å². The van der Waals surface area contributed by atoms with Crippen LogP contribution in [0, 0.1) is 18.6 Å². The summed E-state index contributed by atoms with van der Waals surface area (Å²) in [7, 11) is 0. The quantitative estimate of drug-likeness (QED) is 0.677. The summed E-state index contributed by atoms with van der Waals surface area (Å²) < 4.78 is 27.0. The highest BCUT2D eigenvalue weighted by Gasteiger charge is 2.13. The maximum atomic E-state index is 13.5. The summed E-state index contributed by atoms with van der Waals surface area (Å²) in [4.78, 5) is 0. The van der Waals surface area contributed by atoms with Crippen molar-refractivity contribution < 1.29 is 8.78 Å². The Balaban J connectivity index is 1.92. The maximum absolute atomic E-state index is 13.5. The molecule has 2 rings (SSSR count). The van der Waals surface area contributed by atoms with E-state index in [0.29, 0.717) is 6.42 Å². The molecule has 1 unspecified atom stereocenters. The number of rotatable bonds is 5. The summed E-state index contributed by atoms with van der Waals surface area (Å²) in [6, 6.07) is 12.1. The first-order chi connectivity index (χ1) is 9.56. The molecule has 106 valence electrons. The highest BCUT2D eigenvalue weighted by molar-refractivity contribution is 6.20. The van der Waals surface area contributed by atoms with Gasteiger partial charge in [-0.05, 0) is 43.9 Å². The number of benzene rings is 2. The van der Waals surface area contributed by atoms with E-state index < -0.39 is 11.6 Å². The SMILES string of the molecule is Cc1ccc(CCC(Cl)Cc2c(F)cccc2F)cc1. The van der Waals surface area contributed by atoms with Crippen LogP contribution in [0.25, 0.3) is 0 Å². The molecule has 0 saturated carbocycles. The summed E-state index contributed by atoms with van der Waals surface area (Å²) in [6.45, 7) is 2.04. The Hall–Kier alpha value is -1.41. The summed E-state index contributed by atoms with van der Waals surface area (Å²) in [5, 5.41) is -0.275. The molecule has 0 heterocycles. The fourth-order valence-corrected chi connectivity index (χ4v) is 2.39. The van der Waals surface area contributed by atoms with Crippen LogP contribution in [0.4, 0.5) is 8.78 Å². The summed E-state index contributed by atoms with van der Waals surface area (Å²) >= 11 is 6.21. The third-order valence-electron chi connectivity index (χ3n) is 3.35. The molecule has 0 aliphatic rings. The molecule has 0 aliphatic carbocycles. The first kappa shape index (κ1) is 15.0. The van der Waals surface area contributed by atoms with Gasteiger partial charge in [0.25, 0.3) is 0 Å². The van der Waals surface area contributed by atoms with Crippen molar-refractivity contribution in [1.29, 1.82) is 0 Å². The molecule has 0 aliphatic heterocycles. The van der Waals surface area contributed by atoms with Crippen molar-refractivity contribution in [2.75, 3.05) is 0 Å². The minimum absolute atomic E-state index is 0.0800. The van der Waals surface area contributed by atoms with Gasteiger partial charge in [-0.25, -0.2) is 8.78 Å². The molecule has 0 spiro atoms. The van der Waals surface area contributed by atoms with E-state index in [1.54, 1.807) is 0 Å². The van der Waals surface area contributed by atoms with Gasteiger partial charge < -0.3 is 0 Å². The van der Waals surface area contributed by atoms with Crippen molar-refractivity contribution in [2.45, 2.75) is 31.6 Å². The lowest BCUT2D eigenvalue weighted by Crippen LogP contribution is -2.08. The fraction of sp³-hybridized carbons (Fsp3) is 0.294. The zero-order valence-electron chi connectivity index (χ0n) is 11.4. The summed E-state index contributed by atoms with van der Waals surface area (Å²) in [5.41, 5.74) is 2.48. The van der Waals surface area contributed by atoms with Crippen molar-refractivity contribution in [3.63, 3.8) is 0 Å². The van der Waals surface area contributed by atoms with Gasteiger partial charge in [0.15, 0.2) is 0 Å². The first-order valence-corrected chi connectivity index (χ1v) is 7.12. The number of aryl methyl sites for hydroxylation is 2. The lowest BCUT2D eigenvalue weighted by molar-refractivity contribution is 0.548. The van der Waals surface area contributed by atoms with E-state index in [1.807, 2.05) is 6.92 Å². The normalized spacial score (nSPS) is 12.4. The highest BCUT2D eigenvalue weighted by Crippen LogP contribution is 2.19. The Morgan fingerprint density at radius 1 is 1.00 bits per heavy atom. The van der Waals surface area contributed by atoms with Crippen molar-refractivity contribution in [3.8, 4) is 0 Å². The highest BCUT2D eigenvalue weighted by atomic mass is 35.5. The van der Waals surface area contributed by atoms with Crippen molar-refractivity contribution in [2.24, 2.45) is 0 Å². The minimum Gasteiger partial charge on any atom is -0.207 e. The van der Waals surface area contributed by atoms with Crippen LogP contribution in [0.5, 0.6) is 0 Å².